The van der Waals surface area contributed by atoms with Crippen molar-refractivity contribution in [2.75, 3.05) is 27.4 Å². The predicted octanol–water partition coefficient (Wildman–Crippen LogP) is 5.94. The third-order valence-corrected chi connectivity index (χ3v) is 5.48. The second-order valence-electron chi connectivity index (χ2n) is 8.02. The smallest absolute Gasteiger partial charge is 0.235 e. The molecule has 0 spiro atoms. The van der Waals surface area contributed by atoms with E-state index in [1.54, 1.807) is 32.4 Å². The fourth-order valence-corrected chi connectivity index (χ4v) is 3.64. The van der Waals surface area contributed by atoms with Crippen molar-refractivity contribution >= 4 is 11.0 Å². The second kappa shape index (κ2) is 10.3. The number of rotatable bonds is 9. The van der Waals surface area contributed by atoms with Gasteiger partial charge in [0, 0.05) is 12.0 Å². The van der Waals surface area contributed by atoms with E-state index in [-0.39, 0.29) is 11.2 Å². The summed E-state index contributed by atoms with van der Waals surface area (Å²) in [5, 5.41) is 0.473. The molecule has 6 nitrogen and oxygen atoms in total. The molecular formula is C28H28O6. The lowest BCUT2D eigenvalue weighted by atomic mass is 10.1. The lowest BCUT2D eigenvalue weighted by Crippen LogP contribution is -2.13. The van der Waals surface area contributed by atoms with Gasteiger partial charge in [0.15, 0.2) is 17.3 Å². The molecule has 0 saturated heterocycles. The van der Waals surface area contributed by atoms with Gasteiger partial charge in [-0.1, -0.05) is 23.8 Å². The predicted molar refractivity (Wildman–Crippen MR) is 133 cm³/mol. The van der Waals surface area contributed by atoms with Crippen LogP contribution in [0.15, 0.2) is 69.9 Å². The van der Waals surface area contributed by atoms with Gasteiger partial charge in [-0.25, -0.2) is 0 Å². The quantitative estimate of drug-likeness (QED) is 0.288. The molecule has 0 unspecified atom stereocenters. The lowest BCUT2D eigenvalue weighted by molar-refractivity contribution is 0.244. The highest BCUT2D eigenvalue weighted by Gasteiger charge is 2.19. The van der Waals surface area contributed by atoms with Gasteiger partial charge in [-0.15, -0.1) is 0 Å². The molecule has 0 aliphatic heterocycles. The first-order chi connectivity index (χ1) is 16.5. The van der Waals surface area contributed by atoms with Gasteiger partial charge in [0.25, 0.3) is 0 Å². The Hall–Kier alpha value is -3.93. The van der Waals surface area contributed by atoms with Gasteiger partial charge < -0.3 is 23.4 Å². The molecule has 0 amide bonds. The molecule has 0 N–H and O–H groups in total. The highest BCUT2D eigenvalue weighted by atomic mass is 16.5. The zero-order chi connectivity index (χ0) is 24.1. The van der Waals surface area contributed by atoms with E-state index in [0.717, 1.165) is 11.3 Å². The van der Waals surface area contributed by atoms with Crippen molar-refractivity contribution in [3.63, 3.8) is 0 Å². The Morgan fingerprint density at radius 3 is 2.21 bits per heavy atom. The molecule has 0 aliphatic rings. The summed E-state index contributed by atoms with van der Waals surface area (Å²) in [4.78, 5) is 13.4. The number of hydrogen-bond donors (Lipinski definition) is 0. The zero-order valence-corrected chi connectivity index (χ0v) is 19.8. The van der Waals surface area contributed by atoms with Crippen molar-refractivity contribution < 1.29 is 23.4 Å². The molecule has 6 heteroatoms. The normalized spacial score (nSPS) is 10.8. The van der Waals surface area contributed by atoms with Gasteiger partial charge >= 0.3 is 0 Å². The maximum atomic E-state index is 13.4. The van der Waals surface area contributed by atoms with Crippen LogP contribution in [0.5, 0.6) is 23.0 Å². The van der Waals surface area contributed by atoms with Crippen molar-refractivity contribution in [3.05, 3.63) is 82.0 Å². The fraction of sp³-hybridized carbons (Fsp3) is 0.250. The van der Waals surface area contributed by atoms with Gasteiger partial charge in [0.05, 0.1) is 32.8 Å². The number of hydrogen-bond acceptors (Lipinski definition) is 6. The Balaban J connectivity index is 1.61. The fourth-order valence-electron chi connectivity index (χ4n) is 3.64. The van der Waals surface area contributed by atoms with Crippen LogP contribution in [0.25, 0.3) is 22.3 Å². The van der Waals surface area contributed by atoms with Crippen molar-refractivity contribution in [3.8, 4) is 34.3 Å². The molecule has 0 fully saturated rings. The maximum Gasteiger partial charge on any atom is 0.235 e. The van der Waals surface area contributed by atoms with Crippen LogP contribution in [0.3, 0.4) is 0 Å². The van der Waals surface area contributed by atoms with E-state index in [4.69, 9.17) is 23.4 Å². The number of methoxy groups -OCH3 is 2. The van der Waals surface area contributed by atoms with Crippen molar-refractivity contribution in [2.24, 2.45) is 0 Å². The average molecular weight is 461 g/mol. The van der Waals surface area contributed by atoms with E-state index in [1.807, 2.05) is 56.3 Å². The van der Waals surface area contributed by atoms with Crippen LogP contribution < -0.4 is 24.4 Å². The van der Waals surface area contributed by atoms with Crippen LogP contribution in [0.1, 0.15) is 17.5 Å². The first kappa shape index (κ1) is 23.2. The van der Waals surface area contributed by atoms with E-state index >= 15 is 0 Å². The SMILES string of the molecule is COc1ccc(-c2oc3cc(C)ccc3c(=O)c2OCCCOc2ccc(C)cc2)cc1OC. The Labute approximate surface area is 198 Å². The average Bonchev–Trinajstić information content (AvgIpc) is 2.85. The molecule has 0 atom stereocenters. The van der Waals surface area contributed by atoms with Gasteiger partial charge in [-0.3, -0.25) is 4.79 Å². The number of aryl methyl sites for hydroxylation is 2. The maximum absolute atomic E-state index is 13.4. The van der Waals surface area contributed by atoms with E-state index < -0.39 is 0 Å². The first-order valence-corrected chi connectivity index (χ1v) is 11.1. The summed E-state index contributed by atoms with van der Waals surface area (Å²) < 4.78 is 28.7. The van der Waals surface area contributed by atoms with Crippen LogP contribution in [0, 0.1) is 13.8 Å². The molecular weight excluding hydrogens is 432 g/mol. The van der Waals surface area contributed by atoms with Crippen LogP contribution in [0.4, 0.5) is 0 Å². The molecule has 4 aromatic rings. The van der Waals surface area contributed by atoms with E-state index in [0.29, 0.717) is 53.4 Å². The lowest BCUT2D eigenvalue weighted by Gasteiger charge is -2.14. The molecule has 0 radical (unpaired) electrons. The zero-order valence-electron chi connectivity index (χ0n) is 19.8. The van der Waals surface area contributed by atoms with Gasteiger partial charge in [-0.2, -0.15) is 0 Å². The summed E-state index contributed by atoms with van der Waals surface area (Å²) in [7, 11) is 3.14. The molecule has 0 bridgehead atoms. The Kier molecular flexibility index (Phi) is 7.07. The summed E-state index contributed by atoms with van der Waals surface area (Å²) >= 11 is 0. The number of ether oxygens (including phenoxy) is 4. The Bertz CT molecular complexity index is 1340. The van der Waals surface area contributed by atoms with E-state index in [9.17, 15) is 4.79 Å². The highest BCUT2D eigenvalue weighted by molar-refractivity contribution is 5.83. The minimum Gasteiger partial charge on any atom is -0.493 e. The van der Waals surface area contributed by atoms with Crippen LogP contribution in [0.2, 0.25) is 0 Å². The standard InChI is InChI=1S/C28H28O6/c1-18-6-10-21(11-7-18)32-14-5-15-33-28-26(29)22-12-8-19(2)16-24(22)34-27(28)20-9-13-23(30-3)25(17-20)31-4/h6-13,16-17H,5,14-15H2,1-4H3. The topological polar surface area (TPSA) is 67.1 Å². The monoisotopic (exact) mass is 460 g/mol. The largest absolute Gasteiger partial charge is 0.493 e. The molecule has 176 valence electrons. The molecule has 34 heavy (non-hydrogen) atoms. The van der Waals surface area contributed by atoms with Crippen molar-refractivity contribution in [1.82, 2.24) is 0 Å². The summed E-state index contributed by atoms with van der Waals surface area (Å²) in [5.41, 5.74) is 3.12. The van der Waals surface area contributed by atoms with Gasteiger partial charge in [0.2, 0.25) is 11.2 Å². The summed E-state index contributed by atoms with van der Waals surface area (Å²) in [6.07, 6.45) is 0.602. The minimum absolute atomic E-state index is 0.166. The Morgan fingerprint density at radius 1 is 0.765 bits per heavy atom. The van der Waals surface area contributed by atoms with Crippen molar-refractivity contribution in [2.45, 2.75) is 20.3 Å². The molecule has 0 saturated carbocycles. The van der Waals surface area contributed by atoms with Crippen molar-refractivity contribution in [1.29, 1.82) is 0 Å². The molecule has 4 rings (SSSR count). The highest BCUT2D eigenvalue weighted by Crippen LogP contribution is 2.36. The summed E-state index contributed by atoms with van der Waals surface area (Å²) in [6, 6.07) is 18.7. The molecule has 1 heterocycles. The van der Waals surface area contributed by atoms with E-state index in [2.05, 4.69) is 0 Å². The third kappa shape index (κ3) is 5.01. The number of benzene rings is 3. The van der Waals surface area contributed by atoms with Crippen LogP contribution in [-0.4, -0.2) is 27.4 Å². The third-order valence-electron chi connectivity index (χ3n) is 5.48. The summed E-state index contributed by atoms with van der Waals surface area (Å²) in [5.74, 6) is 2.44. The van der Waals surface area contributed by atoms with Gasteiger partial charge in [0.1, 0.15) is 11.3 Å². The van der Waals surface area contributed by atoms with Gasteiger partial charge in [-0.05, 0) is 61.9 Å². The van der Waals surface area contributed by atoms with E-state index in [1.165, 1.54) is 5.56 Å². The molecule has 0 aliphatic carbocycles. The first-order valence-electron chi connectivity index (χ1n) is 11.1. The molecule has 1 aromatic heterocycles. The molecule has 3 aromatic carbocycles. The second-order valence-corrected chi connectivity index (χ2v) is 8.02. The Morgan fingerprint density at radius 2 is 1.47 bits per heavy atom. The van der Waals surface area contributed by atoms with Crippen LogP contribution >= 0.6 is 0 Å². The minimum atomic E-state index is -0.217. The number of fused-ring (bicyclic) bond motifs is 1. The van der Waals surface area contributed by atoms with Crippen LogP contribution in [-0.2, 0) is 0 Å². The summed E-state index contributed by atoms with van der Waals surface area (Å²) in [6.45, 7) is 4.75.